The van der Waals surface area contributed by atoms with Gasteiger partial charge in [0, 0.05) is 17.3 Å². The van der Waals surface area contributed by atoms with Crippen molar-refractivity contribution in [1.82, 2.24) is 5.43 Å². The number of hydrogen-bond donors (Lipinski definition) is 2. The van der Waals surface area contributed by atoms with Crippen molar-refractivity contribution in [2.24, 2.45) is 5.10 Å². The number of hydrazone groups is 1. The predicted molar refractivity (Wildman–Crippen MR) is 109 cm³/mol. The Balaban J connectivity index is 1.95. The topological polar surface area (TPSA) is 72.0 Å². The molecule has 0 atom stereocenters. The first-order chi connectivity index (χ1) is 13.3. The Bertz CT molecular complexity index is 805. The van der Waals surface area contributed by atoms with Crippen LogP contribution in [0.3, 0.4) is 0 Å². The van der Waals surface area contributed by atoms with Gasteiger partial charge in [0.2, 0.25) is 0 Å². The Morgan fingerprint density at radius 3 is 2.39 bits per heavy atom. The molecular formula is C21H26FN3O3. The number of carbonyl (C=O) groups is 1. The Labute approximate surface area is 164 Å². The van der Waals surface area contributed by atoms with Crippen LogP contribution in [-0.2, 0) is 4.79 Å². The Hall–Kier alpha value is -3.09. The van der Waals surface area contributed by atoms with Crippen molar-refractivity contribution in [2.75, 3.05) is 11.9 Å². The van der Waals surface area contributed by atoms with E-state index < -0.39 is 0 Å². The van der Waals surface area contributed by atoms with Crippen molar-refractivity contribution < 1.29 is 18.7 Å². The molecule has 6 nitrogen and oxygen atoms in total. The fourth-order valence-corrected chi connectivity index (χ4v) is 2.29. The van der Waals surface area contributed by atoms with Crippen molar-refractivity contribution in [3.05, 3.63) is 53.8 Å². The van der Waals surface area contributed by atoms with Crippen molar-refractivity contribution in [2.45, 2.75) is 39.9 Å². The number of hydrogen-bond acceptors (Lipinski definition) is 5. The summed E-state index contributed by atoms with van der Waals surface area (Å²) in [7, 11) is 0. The van der Waals surface area contributed by atoms with Gasteiger partial charge in [-0.2, -0.15) is 5.10 Å². The third-order valence-corrected chi connectivity index (χ3v) is 3.41. The standard InChI is InChI=1S/C21H26FN3O3/c1-14(2)27-19-10-5-16(20(11-19)28-15(3)4)12-24-25-21(26)13-23-18-8-6-17(22)7-9-18/h5-12,14-15,23H,13H2,1-4H3,(H,25,26)/b24-12-. The van der Waals surface area contributed by atoms with E-state index >= 15 is 0 Å². The highest BCUT2D eigenvalue weighted by Crippen LogP contribution is 2.25. The fourth-order valence-electron chi connectivity index (χ4n) is 2.29. The van der Waals surface area contributed by atoms with Crippen molar-refractivity contribution in [3.8, 4) is 11.5 Å². The lowest BCUT2D eigenvalue weighted by Crippen LogP contribution is -2.25. The van der Waals surface area contributed by atoms with Crippen LogP contribution in [0, 0.1) is 5.82 Å². The first-order valence-electron chi connectivity index (χ1n) is 9.12. The molecule has 2 aromatic carbocycles. The first-order valence-corrected chi connectivity index (χ1v) is 9.12. The van der Waals surface area contributed by atoms with E-state index in [9.17, 15) is 9.18 Å². The lowest BCUT2D eigenvalue weighted by atomic mass is 10.2. The first kappa shape index (κ1) is 21.2. The molecule has 0 bridgehead atoms. The number of carbonyl (C=O) groups excluding carboxylic acids is 1. The number of halogens is 1. The number of ether oxygens (including phenoxy) is 2. The smallest absolute Gasteiger partial charge is 0.259 e. The highest BCUT2D eigenvalue weighted by atomic mass is 19.1. The van der Waals surface area contributed by atoms with Crippen molar-refractivity contribution >= 4 is 17.8 Å². The zero-order valence-electron chi connectivity index (χ0n) is 16.5. The van der Waals surface area contributed by atoms with Crippen LogP contribution in [0.2, 0.25) is 0 Å². The van der Waals surface area contributed by atoms with Crippen LogP contribution in [0.15, 0.2) is 47.6 Å². The quantitative estimate of drug-likeness (QED) is 0.505. The summed E-state index contributed by atoms with van der Waals surface area (Å²) >= 11 is 0. The molecule has 150 valence electrons. The molecule has 0 radical (unpaired) electrons. The molecular weight excluding hydrogens is 361 g/mol. The van der Waals surface area contributed by atoms with Gasteiger partial charge in [0.1, 0.15) is 17.3 Å². The lowest BCUT2D eigenvalue weighted by molar-refractivity contribution is -0.119. The average Bonchev–Trinajstić information content (AvgIpc) is 2.62. The molecule has 0 aliphatic heterocycles. The van der Waals surface area contributed by atoms with E-state index in [0.717, 1.165) is 5.56 Å². The summed E-state index contributed by atoms with van der Waals surface area (Å²) in [5.74, 6) is 0.668. The molecule has 0 aliphatic rings. The molecule has 0 heterocycles. The van der Waals surface area contributed by atoms with Gasteiger partial charge in [-0.25, -0.2) is 9.82 Å². The van der Waals surface area contributed by atoms with Crippen LogP contribution in [0.25, 0.3) is 0 Å². The van der Waals surface area contributed by atoms with Gasteiger partial charge in [-0.15, -0.1) is 0 Å². The largest absolute Gasteiger partial charge is 0.491 e. The minimum atomic E-state index is -0.330. The number of anilines is 1. The molecule has 0 saturated heterocycles. The second kappa shape index (κ2) is 10.3. The molecule has 0 saturated carbocycles. The minimum Gasteiger partial charge on any atom is -0.491 e. The van der Waals surface area contributed by atoms with Crippen LogP contribution in [-0.4, -0.2) is 30.9 Å². The van der Waals surface area contributed by atoms with Crippen LogP contribution >= 0.6 is 0 Å². The lowest BCUT2D eigenvalue weighted by Gasteiger charge is -2.15. The summed E-state index contributed by atoms with van der Waals surface area (Å²) in [4.78, 5) is 11.9. The monoisotopic (exact) mass is 387 g/mol. The number of benzene rings is 2. The molecule has 2 N–H and O–H groups in total. The Morgan fingerprint density at radius 2 is 1.75 bits per heavy atom. The van der Waals surface area contributed by atoms with Gasteiger partial charge < -0.3 is 14.8 Å². The maximum absolute atomic E-state index is 12.9. The molecule has 0 aliphatic carbocycles. The highest BCUT2D eigenvalue weighted by Gasteiger charge is 2.08. The van der Waals surface area contributed by atoms with Gasteiger partial charge in [-0.3, -0.25) is 4.79 Å². The molecule has 0 aromatic heterocycles. The highest BCUT2D eigenvalue weighted by molar-refractivity contribution is 5.86. The minimum absolute atomic E-state index is 0.0134. The molecule has 0 fully saturated rings. The number of amides is 1. The SMILES string of the molecule is CC(C)Oc1ccc(/C=N\NC(=O)CNc2ccc(F)cc2)c(OC(C)C)c1. The van der Waals surface area contributed by atoms with Gasteiger partial charge >= 0.3 is 0 Å². The molecule has 1 amide bonds. The van der Waals surface area contributed by atoms with E-state index in [-0.39, 0.29) is 30.5 Å². The Kier molecular flexibility index (Phi) is 7.80. The van der Waals surface area contributed by atoms with E-state index in [1.165, 1.54) is 18.3 Å². The molecule has 2 aromatic rings. The zero-order chi connectivity index (χ0) is 20.5. The summed E-state index contributed by atoms with van der Waals surface area (Å²) in [6.07, 6.45) is 1.56. The summed E-state index contributed by atoms with van der Waals surface area (Å²) in [5.41, 5.74) is 3.81. The zero-order valence-corrected chi connectivity index (χ0v) is 16.5. The third-order valence-electron chi connectivity index (χ3n) is 3.41. The average molecular weight is 387 g/mol. The maximum atomic E-state index is 12.9. The van der Waals surface area contributed by atoms with Crippen molar-refractivity contribution in [3.63, 3.8) is 0 Å². The summed E-state index contributed by atoms with van der Waals surface area (Å²) in [6.45, 7) is 7.78. The number of nitrogens with zero attached hydrogens (tertiary/aromatic N) is 1. The summed E-state index contributed by atoms with van der Waals surface area (Å²) in [6, 6.07) is 11.2. The fraction of sp³-hybridized carbons (Fsp3) is 0.333. The van der Waals surface area contributed by atoms with Crippen LogP contribution in [0.5, 0.6) is 11.5 Å². The van der Waals surface area contributed by atoms with E-state index in [4.69, 9.17) is 9.47 Å². The molecule has 28 heavy (non-hydrogen) atoms. The molecule has 7 heteroatoms. The van der Waals surface area contributed by atoms with Crippen LogP contribution < -0.4 is 20.2 Å². The van der Waals surface area contributed by atoms with Gasteiger partial charge in [0.15, 0.2) is 0 Å². The third kappa shape index (κ3) is 7.26. The second-order valence-corrected chi connectivity index (χ2v) is 6.69. The van der Waals surface area contributed by atoms with Crippen molar-refractivity contribution in [1.29, 1.82) is 0 Å². The summed E-state index contributed by atoms with van der Waals surface area (Å²) in [5, 5.41) is 6.87. The van der Waals surface area contributed by atoms with Gasteiger partial charge in [0.25, 0.3) is 5.91 Å². The number of nitrogens with one attached hydrogen (secondary N) is 2. The molecule has 2 rings (SSSR count). The van der Waals surface area contributed by atoms with E-state index in [1.54, 1.807) is 18.2 Å². The number of rotatable bonds is 9. The van der Waals surface area contributed by atoms with Crippen LogP contribution in [0.1, 0.15) is 33.3 Å². The normalized spacial score (nSPS) is 11.1. The predicted octanol–water partition coefficient (Wildman–Crippen LogP) is 3.96. The maximum Gasteiger partial charge on any atom is 0.259 e. The van der Waals surface area contributed by atoms with Crippen LogP contribution in [0.4, 0.5) is 10.1 Å². The van der Waals surface area contributed by atoms with Gasteiger partial charge in [-0.1, -0.05) is 0 Å². The van der Waals surface area contributed by atoms with E-state index in [0.29, 0.717) is 17.2 Å². The van der Waals surface area contributed by atoms with Gasteiger partial charge in [0.05, 0.1) is 25.0 Å². The van der Waals surface area contributed by atoms with Gasteiger partial charge in [-0.05, 0) is 64.1 Å². The second-order valence-electron chi connectivity index (χ2n) is 6.69. The van der Waals surface area contributed by atoms with E-state index in [1.807, 2.05) is 39.8 Å². The molecule has 0 spiro atoms. The summed E-state index contributed by atoms with van der Waals surface area (Å²) < 4.78 is 24.4. The Morgan fingerprint density at radius 1 is 1.07 bits per heavy atom. The molecule has 0 unspecified atom stereocenters. The van der Waals surface area contributed by atoms with E-state index in [2.05, 4.69) is 15.8 Å².